The lowest BCUT2D eigenvalue weighted by molar-refractivity contribution is -0.144. The van der Waals surface area contributed by atoms with Gasteiger partial charge in [0.1, 0.15) is 0 Å². The van der Waals surface area contributed by atoms with E-state index in [1.807, 2.05) is 0 Å². The summed E-state index contributed by atoms with van der Waals surface area (Å²) in [5.41, 5.74) is 0.752. The molecule has 0 radical (unpaired) electrons. The Balaban J connectivity index is 2.13. The maximum Gasteiger partial charge on any atom is 0.307 e. The van der Waals surface area contributed by atoms with E-state index >= 15 is 0 Å². The molecule has 1 atom stereocenters. The number of ether oxygens (including phenoxy) is 1. The molecule has 0 bridgehead atoms. The first-order chi connectivity index (χ1) is 14.2. The van der Waals surface area contributed by atoms with Gasteiger partial charge in [0.15, 0.2) is 0 Å². The van der Waals surface area contributed by atoms with Crippen molar-refractivity contribution in [2.24, 2.45) is 0 Å². The van der Waals surface area contributed by atoms with Gasteiger partial charge in [0, 0.05) is 30.5 Å². The number of pyridine rings is 1. The number of nitrogens with one attached hydrogen (secondary N) is 1. The van der Waals surface area contributed by atoms with Gasteiger partial charge in [-0.1, -0.05) is 17.7 Å². The summed E-state index contributed by atoms with van der Waals surface area (Å²) in [7, 11) is -3.93. The molecule has 0 saturated heterocycles. The number of halogens is 1. The summed E-state index contributed by atoms with van der Waals surface area (Å²) in [6.45, 7) is 3.66. The second kappa shape index (κ2) is 11.1. The molecule has 1 aromatic heterocycles. The average molecular weight is 454 g/mol. The second-order valence-electron chi connectivity index (χ2n) is 6.47. The SMILES string of the molecule is CCOC(=O)CCN(Cc1cccnc1)C(=O)[C@H](C)NS(=O)(=O)c1ccc(Cl)cc1. The van der Waals surface area contributed by atoms with Crippen molar-refractivity contribution in [2.75, 3.05) is 13.2 Å². The monoisotopic (exact) mass is 453 g/mol. The van der Waals surface area contributed by atoms with Crippen LogP contribution in [-0.4, -0.2) is 49.4 Å². The van der Waals surface area contributed by atoms with Gasteiger partial charge in [-0.2, -0.15) is 4.72 Å². The third-order valence-electron chi connectivity index (χ3n) is 4.13. The van der Waals surface area contributed by atoms with E-state index in [0.29, 0.717) is 5.02 Å². The largest absolute Gasteiger partial charge is 0.466 e. The molecule has 10 heteroatoms. The van der Waals surface area contributed by atoms with Crippen LogP contribution >= 0.6 is 11.6 Å². The van der Waals surface area contributed by atoms with Crippen molar-refractivity contribution in [3.05, 3.63) is 59.4 Å². The number of nitrogens with zero attached hydrogens (tertiary/aromatic N) is 2. The van der Waals surface area contributed by atoms with Gasteiger partial charge in [-0.3, -0.25) is 14.6 Å². The molecule has 1 amide bonds. The molecular weight excluding hydrogens is 430 g/mol. The second-order valence-corrected chi connectivity index (χ2v) is 8.62. The number of amides is 1. The number of hydrogen-bond acceptors (Lipinski definition) is 6. The maximum absolute atomic E-state index is 13.0. The fourth-order valence-corrected chi connectivity index (χ4v) is 4.00. The molecule has 0 unspecified atom stereocenters. The maximum atomic E-state index is 13.0. The fraction of sp³-hybridized carbons (Fsp3) is 0.350. The minimum atomic E-state index is -3.93. The van der Waals surface area contributed by atoms with E-state index in [0.717, 1.165) is 5.56 Å². The van der Waals surface area contributed by atoms with Crippen LogP contribution in [0.5, 0.6) is 0 Å². The fourth-order valence-electron chi connectivity index (χ4n) is 2.68. The zero-order valence-corrected chi connectivity index (χ0v) is 18.3. The van der Waals surface area contributed by atoms with Crippen LogP contribution in [-0.2, 0) is 30.9 Å². The molecule has 0 saturated carbocycles. The number of sulfonamides is 1. The standard InChI is InChI=1S/C20H24ClN3O5S/c1-3-29-19(25)10-12-24(14-16-5-4-11-22-13-16)20(26)15(2)23-30(27,28)18-8-6-17(21)7-9-18/h4-9,11,13,15,23H,3,10,12,14H2,1-2H3/t15-/m0/s1. The highest BCUT2D eigenvalue weighted by Gasteiger charge is 2.26. The summed E-state index contributed by atoms with van der Waals surface area (Å²) in [6.07, 6.45) is 3.21. The Kier molecular flexibility index (Phi) is 8.76. The van der Waals surface area contributed by atoms with E-state index in [9.17, 15) is 18.0 Å². The van der Waals surface area contributed by atoms with Crippen molar-refractivity contribution in [3.63, 3.8) is 0 Å². The average Bonchev–Trinajstić information content (AvgIpc) is 2.71. The number of aromatic nitrogens is 1. The van der Waals surface area contributed by atoms with Crippen molar-refractivity contribution in [1.29, 1.82) is 0 Å². The van der Waals surface area contributed by atoms with Crippen LogP contribution in [0.4, 0.5) is 0 Å². The van der Waals surface area contributed by atoms with Gasteiger partial charge in [-0.05, 0) is 49.7 Å². The number of esters is 1. The number of carbonyl (C=O) groups is 2. The predicted molar refractivity (Wildman–Crippen MR) is 112 cm³/mol. The van der Waals surface area contributed by atoms with E-state index in [1.165, 1.54) is 36.1 Å². The van der Waals surface area contributed by atoms with Crippen molar-refractivity contribution in [3.8, 4) is 0 Å². The number of benzene rings is 1. The van der Waals surface area contributed by atoms with Crippen LogP contribution < -0.4 is 4.72 Å². The predicted octanol–water partition coefficient (Wildman–Crippen LogP) is 2.38. The van der Waals surface area contributed by atoms with Crippen molar-refractivity contribution < 1.29 is 22.7 Å². The van der Waals surface area contributed by atoms with Crippen molar-refractivity contribution >= 4 is 33.5 Å². The van der Waals surface area contributed by atoms with Crippen LogP contribution in [0.15, 0.2) is 53.7 Å². The summed E-state index contributed by atoms with van der Waals surface area (Å²) in [6, 6.07) is 8.10. The lowest BCUT2D eigenvalue weighted by atomic mass is 10.2. The molecule has 0 spiro atoms. The Morgan fingerprint density at radius 3 is 2.53 bits per heavy atom. The van der Waals surface area contributed by atoms with E-state index in [2.05, 4.69) is 9.71 Å². The number of rotatable bonds is 10. The van der Waals surface area contributed by atoms with Gasteiger partial charge in [-0.25, -0.2) is 8.42 Å². The Labute approximate surface area is 181 Å². The lowest BCUT2D eigenvalue weighted by Crippen LogP contribution is -2.47. The van der Waals surface area contributed by atoms with Gasteiger partial charge < -0.3 is 9.64 Å². The van der Waals surface area contributed by atoms with Crippen LogP contribution in [0.2, 0.25) is 5.02 Å². The van der Waals surface area contributed by atoms with E-state index in [4.69, 9.17) is 16.3 Å². The summed E-state index contributed by atoms with van der Waals surface area (Å²) >= 11 is 5.80. The highest BCUT2D eigenvalue weighted by atomic mass is 35.5. The highest BCUT2D eigenvalue weighted by molar-refractivity contribution is 7.89. The summed E-state index contributed by atoms with van der Waals surface area (Å²) in [5.74, 6) is -0.906. The minimum Gasteiger partial charge on any atom is -0.466 e. The molecule has 2 rings (SSSR count). The zero-order chi connectivity index (χ0) is 22.1. The van der Waals surface area contributed by atoms with E-state index in [1.54, 1.807) is 31.5 Å². The topological polar surface area (TPSA) is 106 Å². The Hall–Kier alpha value is -2.49. The van der Waals surface area contributed by atoms with Gasteiger partial charge in [0.05, 0.1) is 24.0 Å². The van der Waals surface area contributed by atoms with Crippen molar-refractivity contribution in [2.45, 2.75) is 37.8 Å². The van der Waals surface area contributed by atoms with Crippen LogP contribution in [0.25, 0.3) is 0 Å². The van der Waals surface area contributed by atoms with E-state index in [-0.39, 0.29) is 31.0 Å². The lowest BCUT2D eigenvalue weighted by Gasteiger charge is -2.26. The van der Waals surface area contributed by atoms with Crippen LogP contribution in [0, 0.1) is 0 Å². The molecule has 2 aromatic rings. The van der Waals surface area contributed by atoms with Crippen LogP contribution in [0.1, 0.15) is 25.8 Å². The molecule has 1 aromatic carbocycles. The third-order valence-corrected chi connectivity index (χ3v) is 5.93. The summed E-state index contributed by atoms with van der Waals surface area (Å²) in [5, 5.41) is 0.402. The molecule has 0 aliphatic heterocycles. The zero-order valence-electron chi connectivity index (χ0n) is 16.7. The Morgan fingerprint density at radius 2 is 1.93 bits per heavy atom. The molecule has 0 aliphatic rings. The first kappa shape index (κ1) is 23.8. The van der Waals surface area contributed by atoms with Gasteiger partial charge in [0.2, 0.25) is 15.9 Å². The Morgan fingerprint density at radius 1 is 1.23 bits per heavy atom. The van der Waals surface area contributed by atoms with Crippen molar-refractivity contribution in [1.82, 2.24) is 14.6 Å². The molecule has 162 valence electrons. The Bertz CT molecular complexity index is 952. The number of hydrogen-bond donors (Lipinski definition) is 1. The molecule has 8 nitrogen and oxygen atoms in total. The first-order valence-corrected chi connectivity index (χ1v) is 11.2. The quantitative estimate of drug-likeness (QED) is 0.553. The van der Waals surface area contributed by atoms with E-state index < -0.39 is 27.9 Å². The summed E-state index contributed by atoms with van der Waals surface area (Å²) < 4.78 is 32.5. The van der Waals surface area contributed by atoms with Crippen LogP contribution in [0.3, 0.4) is 0 Å². The molecule has 0 fully saturated rings. The summed E-state index contributed by atoms with van der Waals surface area (Å²) in [4.78, 5) is 30.1. The highest BCUT2D eigenvalue weighted by Crippen LogP contribution is 2.15. The molecule has 0 aliphatic carbocycles. The van der Waals surface area contributed by atoms with Gasteiger partial charge in [0.25, 0.3) is 0 Å². The first-order valence-electron chi connectivity index (χ1n) is 9.34. The van der Waals surface area contributed by atoms with Gasteiger partial charge >= 0.3 is 5.97 Å². The third kappa shape index (κ3) is 7.08. The normalized spacial score (nSPS) is 12.2. The smallest absolute Gasteiger partial charge is 0.307 e. The molecular formula is C20H24ClN3O5S. The molecule has 1 N–H and O–H groups in total. The minimum absolute atomic E-state index is 0.00289. The molecule has 30 heavy (non-hydrogen) atoms. The van der Waals surface area contributed by atoms with Gasteiger partial charge in [-0.15, -0.1) is 0 Å². The molecule has 1 heterocycles. The number of carbonyl (C=O) groups excluding carboxylic acids is 2.